The maximum absolute atomic E-state index is 12.1. The molecule has 7 heteroatoms. The maximum atomic E-state index is 12.1. The van der Waals surface area contributed by atoms with Gasteiger partial charge in [0, 0.05) is 56.3 Å². The van der Waals surface area contributed by atoms with Crippen LogP contribution in [0.25, 0.3) is 10.2 Å². The van der Waals surface area contributed by atoms with Gasteiger partial charge in [0.05, 0.1) is 10.2 Å². The van der Waals surface area contributed by atoms with Gasteiger partial charge in [-0.1, -0.05) is 35.1 Å². The van der Waals surface area contributed by atoms with E-state index in [1.54, 1.807) is 23.1 Å². The van der Waals surface area contributed by atoms with Gasteiger partial charge in [-0.25, -0.2) is 4.98 Å². The van der Waals surface area contributed by atoms with Gasteiger partial charge in [0.2, 0.25) is 5.91 Å². The first-order valence-corrected chi connectivity index (χ1v) is 13.1. The first-order valence-electron chi connectivity index (χ1n) is 11.3. The van der Waals surface area contributed by atoms with Crippen molar-refractivity contribution in [2.75, 3.05) is 49.9 Å². The summed E-state index contributed by atoms with van der Waals surface area (Å²) in [4.78, 5) is 23.1. The van der Waals surface area contributed by atoms with Crippen molar-refractivity contribution in [3.63, 3.8) is 0 Å². The van der Waals surface area contributed by atoms with Gasteiger partial charge in [-0.2, -0.15) is 0 Å². The smallest absolute Gasteiger partial charge is 0.220 e. The third kappa shape index (κ3) is 6.03. The number of nitrogens with one attached hydrogen (secondary N) is 1. The van der Waals surface area contributed by atoms with Crippen LogP contribution >= 0.6 is 23.1 Å². The van der Waals surface area contributed by atoms with Gasteiger partial charge in [0.1, 0.15) is 0 Å². The highest BCUT2D eigenvalue weighted by Gasteiger charge is 2.20. The molecule has 1 aliphatic rings. The zero-order chi connectivity index (χ0) is 22.5. The van der Waals surface area contributed by atoms with Gasteiger partial charge in [0.25, 0.3) is 0 Å². The van der Waals surface area contributed by atoms with Gasteiger partial charge < -0.3 is 10.2 Å². The zero-order valence-corrected chi connectivity index (χ0v) is 20.8. The molecule has 3 aromatic rings. The van der Waals surface area contributed by atoms with Crippen molar-refractivity contribution in [3.8, 4) is 0 Å². The third-order valence-electron chi connectivity index (χ3n) is 5.83. The number of thiazole rings is 1. The molecule has 1 aliphatic heterocycles. The lowest BCUT2D eigenvalue weighted by molar-refractivity contribution is -0.120. The minimum Gasteiger partial charge on any atom is -0.355 e. The predicted molar refractivity (Wildman–Crippen MR) is 137 cm³/mol. The van der Waals surface area contributed by atoms with E-state index in [2.05, 4.69) is 72.3 Å². The summed E-state index contributed by atoms with van der Waals surface area (Å²) in [6.07, 6.45) is 0.558. The number of anilines is 1. The minimum absolute atomic E-state index is 0.142. The zero-order valence-electron chi connectivity index (χ0n) is 19.2. The summed E-state index contributed by atoms with van der Waals surface area (Å²) in [5.74, 6) is 0.956. The van der Waals surface area contributed by atoms with Crippen LogP contribution in [0.4, 0.5) is 5.13 Å². The van der Waals surface area contributed by atoms with Crippen molar-refractivity contribution in [2.24, 2.45) is 0 Å². The van der Waals surface area contributed by atoms with E-state index >= 15 is 0 Å². The lowest BCUT2D eigenvalue weighted by atomic mass is 10.1. The van der Waals surface area contributed by atoms with Crippen LogP contribution in [0.5, 0.6) is 0 Å². The Balaban J connectivity index is 1.15. The molecule has 0 atom stereocenters. The predicted octanol–water partition coefficient (Wildman–Crippen LogP) is 4.64. The molecule has 4 rings (SSSR count). The van der Waals surface area contributed by atoms with Gasteiger partial charge in [-0.3, -0.25) is 9.69 Å². The summed E-state index contributed by atoms with van der Waals surface area (Å²) >= 11 is 3.54. The Kier molecular flexibility index (Phi) is 7.71. The van der Waals surface area contributed by atoms with Crippen molar-refractivity contribution < 1.29 is 4.79 Å². The van der Waals surface area contributed by atoms with Crippen LogP contribution in [0.15, 0.2) is 41.3 Å². The number of benzene rings is 2. The molecule has 1 N–H and O–H groups in total. The second-order valence-corrected chi connectivity index (χ2v) is 10.7. The molecule has 0 saturated carbocycles. The number of rotatable bonds is 8. The molecule has 170 valence electrons. The topological polar surface area (TPSA) is 48.5 Å². The average molecular weight is 469 g/mol. The number of fused-ring (bicyclic) bond motifs is 1. The maximum Gasteiger partial charge on any atom is 0.220 e. The molecule has 1 fully saturated rings. The Morgan fingerprint density at radius 1 is 1.06 bits per heavy atom. The van der Waals surface area contributed by atoms with E-state index in [1.807, 2.05) is 0 Å². The van der Waals surface area contributed by atoms with Crippen molar-refractivity contribution in [1.29, 1.82) is 0 Å². The number of piperazine rings is 1. The van der Waals surface area contributed by atoms with Crippen LogP contribution in [0.3, 0.4) is 0 Å². The van der Waals surface area contributed by atoms with Gasteiger partial charge in [0.15, 0.2) is 5.13 Å². The first-order chi connectivity index (χ1) is 15.5. The highest BCUT2D eigenvalue weighted by Crippen LogP contribution is 2.32. The summed E-state index contributed by atoms with van der Waals surface area (Å²) in [7, 11) is 0. The summed E-state index contributed by atoms with van der Waals surface area (Å²) in [5.41, 5.74) is 4.96. The lowest BCUT2D eigenvalue weighted by Gasteiger charge is -2.34. The van der Waals surface area contributed by atoms with Crippen LogP contribution in [0, 0.1) is 20.8 Å². The average Bonchev–Trinajstić information content (AvgIpc) is 3.20. The molecule has 0 aliphatic carbocycles. The number of aromatic nitrogens is 1. The summed E-state index contributed by atoms with van der Waals surface area (Å²) in [6, 6.07) is 12.9. The Hall–Kier alpha value is -2.09. The standard InChI is InChI=1S/C25H32N4OS2/c1-18-4-6-21(7-5-18)31-15-8-23(30)26-9-10-28-11-13-29(14-12-28)25-27-24-20(3)16-19(2)17-22(24)32-25/h4-7,16-17H,8-15H2,1-3H3,(H,26,30). The second kappa shape index (κ2) is 10.7. The van der Waals surface area contributed by atoms with Crippen molar-refractivity contribution in [1.82, 2.24) is 15.2 Å². The summed E-state index contributed by atoms with van der Waals surface area (Å²) in [5, 5.41) is 4.21. The number of hydrogen-bond donors (Lipinski definition) is 1. The number of aryl methyl sites for hydroxylation is 3. The number of thioether (sulfide) groups is 1. The van der Waals surface area contributed by atoms with Crippen molar-refractivity contribution >= 4 is 44.4 Å². The number of nitrogens with zero attached hydrogens (tertiary/aromatic N) is 3. The monoisotopic (exact) mass is 468 g/mol. The van der Waals surface area contributed by atoms with Crippen LogP contribution in [0.2, 0.25) is 0 Å². The Morgan fingerprint density at radius 2 is 1.81 bits per heavy atom. The highest BCUT2D eigenvalue weighted by atomic mass is 32.2. The van der Waals surface area contributed by atoms with Crippen LogP contribution in [-0.2, 0) is 4.79 Å². The number of carbonyl (C=O) groups is 1. The molecule has 32 heavy (non-hydrogen) atoms. The van der Waals surface area contributed by atoms with Crippen molar-refractivity contribution in [3.05, 3.63) is 53.1 Å². The lowest BCUT2D eigenvalue weighted by Crippen LogP contribution is -2.48. The molecule has 5 nitrogen and oxygen atoms in total. The van der Waals surface area contributed by atoms with Gasteiger partial charge in [-0.15, -0.1) is 11.8 Å². The Labute approximate surface area is 199 Å². The number of hydrogen-bond acceptors (Lipinski definition) is 6. The van der Waals surface area contributed by atoms with E-state index in [0.29, 0.717) is 13.0 Å². The highest BCUT2D eigenvalue weighted by molar-refractivity contribution is 7.99. The molecule has 1 saturated heterocycles. The molecule has 0 radical (unpaired) electrons. The number of carbonyl (C=O) groups excluding carboxylic acids is 1. The van der Waals surface area contributed by atoms with E-state index in [1.165, 1.54) is 26.3 Å². The SMILES string of the molecule is Cc1ccc(SCCC(=O)NCCN2CCN(c3nc4c(C)cc(C)cc4s3)CC2)cc1. The fourth-order valence-corrected chi connectivity index (χ4v) is 6.04. The summed E-state index contributed by atoms with van der Waals surface area (Å²) in [6.45, 7) is 12.0. The van der Waals surface area contributed by atoms with E-state index in [9.17, 15) is 4.79 Å². The molecule has 0 bridgehead atoms. The molecular formula is C25H32N4OS2. The normalized spacial score (nSPS) is 14.8. The van der Waals surface area contributed by atoms with Crippen LogP contribution in [0.1, 0.15) is 23.1 Å². The minimum atomic E-state index is 0.142. The molecule has 1 aromatic heterocycles. The first kappa shape index (κ1) is 23.1. The molecule has 2 aromatic carbocycles. The Morgan fingerprint density at radius 3 is 2.56 bits per heavy atom. The Bertz CT molecular complexity index is 1060. The fourth-order valence-electron chi connectivity index (χ4n) is 3.99. The molecule has 0 unspecified atom stereocenters. The number of amides is 1. The van der Waals surface area contributed by atoms with Crippen LogP contribution < -0.4 is 10.2 Å². The van der Waals surface area contributed by atoms with E-state index in [4.69, 9.17) is 4.98 Å². The fraction of sp³-hybridized carbons (Fsp3) is 0.440. The van der Waals surface area contributed by atoms with Gasteiger partial charge in [-0.05, 0) is 50.1 Å². The third-order valence-corrected chi connectivity index (χ3v) is 7.91. The molecule has 1 amide bonds. The van der Waals surface area contributed by atoms with E-state index in [0.717, 1.165) is 49.1 Å². The second-order valence-electron chi connectivity index (χ2n) is 8.52. The van der Waals surface area contributed by atoms with E-state index < -0.39 is 0 Å². The van der Waals surface area contributed by atoms with Crippen molar-refractivity contribution in [2.45, 2.75) is 32.1 Å². The largest absolute Gasteiger partial charge is 0.355 e. The molecule has 2 heterocycles. The summed E-state index contributed by atoms with van der Waals surface area (Å²) < 4.78 is 1.28. The quantitative estimate of drug-likeness (QED) is 0.488. The van der Waals surface area contributed by atoms with Gasteiger partial charge >= 0.3 is 0 Å². The molecular weight excluding hydrogens is 436 g/mol. The van der Waals surface area contributed by atoms with E-state index in [-0.39, 0.29) is 5.91 Å². The molecule has 0 spiro atoms. The van der Waals surface area contributed by atoms with Crippen LogP contribution in [-0.4, -0.2) is 60.8 Å².